The molecule has 2 N–H and O–H groups in total. The Labute approximate surface area is 66.5 Å². The lowest BCUT2D eigenvalue weighted by Gasteiger charge is -2.04. The van der Waals surface area contributed by atoms with Gasteiger partial charge in [-0.2, -0.15) is 0 Å². The van der Waals surface area contributed by atoms with Crippen molar-refractivity contribution in [3.63, 3.8) is 0 Å². The number of hydrogen-bond donors (Lipinski definition) is 2. The molecule has 0 aliphatic heterocycles. The fourth-order valence-electron chi connectivity index (χ4n) is 0.603. The first-order valence-electron chi connectivity index (χ1n) is 3.62. The van der Waals surface area contributed by atoms with Crippen LogP contribution in [0.25, 0.3) is 0 Å². The zero-order valence-electron chi connectivity index (χ0n) is 6.96. The number of carbonyl (C=O) groups excluding carboxylic acids is 1. The first-order chi connectivity index (χ1) is 5.16. The zero-order valence-corrected chi connectivity index (χ0v) is 6.96. The molecule has 0 spiro atoms. The van der Waals surface area contributed by atoms with Crippen LogP contribution in [0.2, 0.25) is 0 Å². The standard InChI is InChI=1S/C7H15NO3/c1-6(9)5-8-4-3-7(10)11-2/h6,8-9H,3-5H2,1-2H3/t6-/m0/s1. The van der Waals surface area contributed by atoms with Crippen LogP contribution in [0.4, 0.5) is 0 Å². The lowest BCUT2D eigenvalue weighted by molar-refractivity contribution is -0.140. The van der Waals surface area contributed by atoms with E-state index in [2.05, 4.69) is 10.1 Å². The van der Waals surface area contributed by atoms with Gasteiger partial charge in [-0.25, -0.2) is 0 Å². The quantitative estimate of drug-likeness (QED) is 0.422. The number of aliphatic hydroxyl groups is 1. The van der Waals surface area contributed by atoms with Crippen LogP contribution >= 0.6 is 0 Å². The van der Waals surface area contributed by atoms with E-state index in [0.29, 0.717) is 19.5 Å². The number of ether oxygens (including phenoxy) is 1. The van der Waals surface area contributed by atoms with Crippen LogP contribution in [0.5, 0.6) is 0 Å². The maximum Gasteiger partial charge on any atom is 0.306 e. The van der Waals surface area contributed by atoms with Crippen molar-refractivity contribution in [1.29, 1.82) is 0 Å². The van der Waals surface area contributed by atoms with Gasteiger partial charge in [0, 0.05) is 13.1 Å². The van der Waals surface area contributed by atoms with E-state index in [1.54, 1.807) is 6.92 Å². The number of carbonyl (C=O) groups is 1. The summed E-state index contributed by atoms with van der Waals surface area (Å²) in [6, 6.07) is 0. The summed E-state index contributed by atoms with van der Waals surface area (Å²) in [6.07, 6.45) is -0.0175. The second-order valence-corrected chi connectivity index (χ2v) is 2.38. The lowest BCUT2D eigenvalue weighted by atomic mass is 10.4. The Hall–Kier alpha value is -0.610. The molecule has 0 unspecified atom stereocenters. The number of rotatable bonds is 5. The molecule has 4 heteroatoms. The maximum atomic E-state index is 10.5. The molecule has 0 aliphatic carbocycles. The molecular weight excluding hydrogens is 146 g/mol. The molecule has 66 valence electrons. The minimum absolute atomic E-state index is 0.233. The predicted molar refractivity (Wildman–Crippen MR) is 41.2 cm³/mol. The molecule has 0 heterocycles. The van der Waals surface area contributed by atoms with E-state index >= 15 is 0 Å². The van der Waals surface area contributed by atoms with Crippen molar-refractivity contribution in [3.05, 3.63) is 0 Å². The van der Waals surface area contributed by atoms with Gasteiger partial charge in [-0.15, -0.1) is 0 Å². The Balaban J connectivity index is 3.08. The molecule has 0 saturated heterocycles. The van der Waals surface area contributed by atoms with Crippen LogP contribution in [0.3, 0.4) is 0 Å². The molecule has 0 aromatic heterocycles. The predicted octanol–water partition coefficient (Wildman–Crippen LogP) is -0.480. The van der Waals surface area contributed by atoms with E-state index in [0.717, 1.165) is 0 Å². The van der Waals surface area contributed by atoms with Crippen molar-refractivity contribution in [2.75, 3.05) is 20.2 Å². The van der Waals surface area contributed by atoms with Gasteiger partial charge in [0.25, 0.3) is 0 Å². The van der Waals surface area contributed by atoms with Gasteiger partial charge in [0.1, 0.15) is 0 Å². The van der Waals surface area contributed by atoms with E-state index in [4.69, 9.17) is 5.11 Å². The third kappa shape index (κ3) is 7.29. The maximum absolute atomic E-state index is 10.5. The minimum Gasteiger partial charge on any atom is -0.469 e. The summed E-state index contributed by atoms with van der Waals surface area (Å²) in [7, 11) is 1.36. The van der Waals surface area contributed by atoms with Crippen LogP contribution in [-0.4, -0.2) is 37.4 Å². The minimum atomic E-state index is -0.368. The summed E-state index contributed by atoms with van der Waals surface area (Å²) < 4.78 is 4.42. The highest BCUT2D eigenvalue weighted by Gasteiger charge is 1.99. The van der Waals surface area contributed by atoms with Gasteiger partial charge in [-0.05, 0) is 6.92 Å². The molecule has 1 atom stereocenters. The molecule has 4 nitrogen and oxygen atoms in total. The van der Waals surface area contributed by atoms with E-state index in [9.17, 15) is 4.79 Å². The SMILES string of the molecule is COC(=O)CCNC[C@H](C)O. The van der Waals surface area contributed by atoms with Crippen LogP contribution in [-0.2, 0) is 9.53 Å². The van der Waals surface area contributed by atoms with Crippen LogP contribution in [0.1, 0.15) is 13.3 Å². The summed E-state index contributed by atoms with van der Waals surface area (Å²) >= 11 is 0. The van der Waals surface area contributed by atoms with Gasteiger partial charge in [0.2, 0.25) is 0 Å². The van der Waals surface area contributed by atoms with Crippen molar-refractivity contribution >= 4 is 5.97 Å². The van der Waals surface area contributed by atoms with Gasteiger partial charge in [-0.3, -0.25) is 4.79 Å². The van der Waals surface area contributed by atoms with Crippen molar-refractivity contribution in [2.24, 2.45) is 0 Å². The lowest BCUT2D eigenvalue weighted by Crippen LogP contribution is -2.26. The second kappa shape index (κ2) is 6.12. The van der Waals surface area contributed by atoms with Gasteiger partial charge < -0.3 is 15.2 Å². The van der Waals surface area contributed by atoms with Gasteiger partial charge in [0.05, 0.1) is 19.6 Å². The monoisotopic (exact) mass is 161 g/mol. The average Bonchev–Trinajstić information content (AvgIpc) is 1.97. The first kappa shape index (κ1) is 10.4. The number of hydrogen-bond acceptors (Lipinski definition) is 4. The third-order valence-electron chi connectivity index (χ3n) is 1.17. The van der Waals surface area contributed by atoms with Crippen LogP contribution in [0.15, 0.2) is 0 Å². The van der Waals surface area contributed by atoms with Gasteiger partial charge in [-0.1, -0.05) is 0 Å². The molecule has 0 aromatic carbocycles. The number of nitrogens with one attached hydrogen (secondary N) is 1. The first-order valence-corrected chi connectivity index (χ1v) is 3.62. The molecule has 0 bridgehead atoms. The summed E-state index contributed by atoms with van der Waals surface area (Å²) in [5.41, 5.74) is 0. The Morgan fingerprint density at radius 1 is 1.73 bits per heavy atom. The number of methoxy groups -OCH3 is 1. The van der Waals surface area contributed by atoms with Crippen LogP contribution < -0.4 is 5.32 Å². The molecule has 0 aliphatic rings. The number of aliphatic hydroxyl groups excluding tert-OH is 1. The van der Waals surface area contributed by atoms with Crippen molar-refractivity contribution in [2.45, 2.75) is 19.4 Å². The molecular formula is C7H15NO3. The highest BCUT2D eigenvalue weighted by molar-refractivity contribution is 5.69. The Bertz CT molecular complexity index is 114. The summed E-state index contributed by atoms with van der Waals surface area (Å²) in [6.45, 7) is 2.75. The van der Waals surface area contributed by atoms with Crippen LogP contribution in [0, 0.1) is 0 Å². The fraction of sp³-hybridized carbons (Fsp3) is 0.857. The Kier molecular flexibility index (Phi) is 5.78. The molecule has 0 amide bonds. The summed E-state index contributed by atoms with van der Waals surface area (Å²) in [5.74, 6) is -0.233. The topological polar surface area (TPSA) is 58.6 Å². The molecule has 11 heavy (non-hydrogen) atoms. The number of esters is 1. The third-order valence-corrected chi connectivity index (χ3v) is 1.17. The molecule has 0 fully saturated rings. The smallest absolute Gasteiger partial charge is 0.306 e. The summed E-state index contributed by atoms with van der Waals surface area (Å²) in [4.78, 5) is 10.5. The Morgan fingerprint density at radius 2 is 2.36 bits per heavy atom. The van der Waals surface area contributed by atoms with Gasteiger partial charge in [0.15, 0.2) is 0 Å². The zero-order chi connectivity index (χ0) is 8.69. The van der Waals surface area contributed by atoms with Crippen molar-refractivity contribution < 1.29 is 14.6 Å². The molecule has 0 saturated carbocycles. The van der Waals surface area contributed by atoms with E-state index < -0.39 is 0 Å². The fourth-order valence-corrected chi connectivity index (χ4v) is 0.603. The van der Waals surface area contributed by atoms with E-state index in [1.165, 1.54) is 7.11 Å². The second-order valence-electron chi connectivity index (χ2n) is 2.38. The molecule has 0 radical (unpaired) electrons. The summed E-state index contributed by atoms with van der Waals surface area (Å²) in [5, 5.41) is 11.7. The van der Waals surface area contributed by atoms with E-state index in [1.807, 2.05) is 0 Å². The van der Waals surface area contributed by atoms with Gasteiger partial charge >= 0.3 is 5.97 Å². The average molecular weight is 161 g/mol. The highest BCUT2D eigenvalue weighted by Crippen LogP contribution is 1.81. The van der Waals surface area contributed by atoms with E-state index in [-0.39, 0.29) is 12.1 Å². The Morgan fingerprint density at radius 3 is 2.82 bits per heavy atom. The van der Waals surface area contributed by atoms with Crippen molar-refractivity contribution in [1.82, 2.24) is 5.32 Å². The largest absolute Gasteiger partial charge is 0.469 e. The normalized spacial score (nSPS) is 12.6. The molecule has 0 rings (SSSR count). The highest BCUT2D eigenvalue weighted by atomic mass is 16.5. The molecule has 0 aromatic rings. The van der Waals surface area contributed by atoms with Crippen molar-refractivity contribution in [3.8, 4) is 0 Å².